The third-order valence-corrected chi connectivity index (χ3v) is 6.52. The molecule has 0 amide bonds. The van der Waals surface area contributed by atoms with Gasteiger partial charge in [0.1, 0.15) is 23.3 Å². The van der Waals surface area contributed by atoms with Crippen molar-refractivity contribution in [1.29, 1.82) is 0 Å². The Kier molecular flexibility index (Phi) is 5.65. The van der Waals surface area contributed by atoms with Gasteiger partial charge < -0.3 is 9.64 Å². The minimum Gasteiger partial charge on any atom is -0.368 e. The Labute approximate surface area is 193 Å². The lowest BCUT2D eigenvalue weighted by atomic mass is 9.85. The molecular formula is C22H23ClF2N6O2. The van der Waals surface area contributed by atoms with Gasteiger partial charge in [-0.05, 0) is 38.0 Å². The van der Waals surface area contributed by atoms with Crippen LogP contribution in [0.4, 0.5) is 14.5 Å². The number of hydrogen-bond acceptors (Lipinski definition) is 6. The highest BCUT2D eigenvalue weighted by Crippen LogP contribution is 2.37. The lowest BCUT2D eigenvalue weighted by Gasteiger charge is -2.52. The van der Waals surface area contributed by atoms with Crippen molar-refractivity contribution in [3.8, 4) is 11.3 Å². The molecule has 174 valence electrons. The number of anilines is 1. The normalized spacial score (nSPS) is 19.6. The highest BCUT2D eigenvalue weighted by Gasteiger charge is 2.47. The van der Waals surface area contributed by atoms with Crippen LogP contribution in [0.5, 0.6) is 0 Å². The topological polar surface area (TPSA) is 78.1 Å². The van der Waals surface area contributed by atoms with Gasteiger partial charge >= 0.3 is 0 Å². The molecule has 2 aliphatic rings. The van der Waals surface area contributed by atoms with Gasteiger partial charge in [-0.2, -0.15) is 5.10 Å². The molecule has 1 atom stereocenters. The van der Waals surface area contributed by atoms with Crippen molar-refractivity contribution in [1.82, 2.24) is 24.8 Å². The number of nitrogens with zero attached hydrogens (tertiary/aromatic N) is 6. The molecule has 33 heavy (non-hydrogen) atoms. The molecule has 8 nitrogen and oxygen atoms in total. The first-order valence-electron chi connectivity index (χ1n) is 10.9. The molecule has 2 saturated heterocycles. The van der Waals surface area contributed by atoms with E-state index in [-0.39, 0.29) is 34.9 Å². The number of aryl methyl sites for hydroxylation is 1. The van der Waals surface area contributed by atoms with Crippen LogP contribution in [0.3, 0.4) is 0 Å². The smallest absolute Gasteiger partial charge is 0.269 e. The summed E-state index contributed by atoms with van der Waals surface area (Å²) in [6, 6.07) is 5.86. The molecule has 0 saturated carbocycles. The van der Waals surface area contributed by atoms with Crippen LogP contribution < -0.4 is 10.5 Å². The quantitative estimate of drug-likeness (QED) is 0.563. The molecule has 0 radical (unpaired) electrons. The fourth-order valence-corrected chi connectivity index (χ4v) is 4.57. The second-order valence-electron chi connectivity index (χ2n) is 8.52. The molecule has 0 N–H and O–H groups in total. The van der Waals surface area contributed by atoms with E-state index in [9.17, 15) is 13.6 Å². The lowest BCUT2D eigenvalue weighted by Crippen LogP contribution is -2.65. The van der Waals surface area contributed by atoms with E-state index >= 15 is 0 Å². The molecule has 1 unspecified atom stereocenters. The molecule has 1 spiro atoms. The zero-order valence-electron chi connectivity index (χ0n) is 18.0. The molecule has 0 bridgehead atoms. The second kappa shape index (κ2) is 8.49. The number of rotatable bonds is 5. The van der Waals surface area contributed by atoms with Crippen LogP contribution in [-0.2, 0) is 17.8 Å². The molecule has 2 aliphatic heterocycles. The largest absolute Gasteiger partial charge is 0.368 e. The first-order chi connectivity index (χ1) is 15.9. The van der Waals surface area contributed by atoms with Gasteiger partial charge in [0, 0.05) is 36.3 Å². The van der Waals surface area contributed by atoms with Gasteiger partial charge in [0.2, 0.25) is 0 Å². The van der Waals surface area contributed by atoms with Crippen molar-refractivity contribution < 1.29 is 13.5 Å². The highest BCUT2D eigenvalue weighted by atomic mass is 35.5. The predicted molar refractivity (Wildman–Crippen MR) is 119 cm³/mol. The summed E-state index contributed by atoms with van der Waals surface area (Å²) < 4.78 is 36.5. The van der Waals surface area contributed by atoms with E-state index in [0.29, 0.717) is 49.6 Å². The van der Waals surface area contributed by atoms with Crippen molar-refractivity contribution in [2.45, 2.75) is 44.6 Å². The summed E-state index contributed by atoms with van der Waals surface area (Å²) in [6.45, 7) is 3.82. The number of halogens is 3. The van der Waals surface area contributed by atoms with Crippen molar-refractivity contribution >= 4 is 17.3 Å². The van der Waals surface area contributed by atoms with E-state index in [4.69, 9.17) is 16.3 Å². The summed E-state index contributed by atoms with van der Waals surface area (Å²) in [6.07, 6.45) is 1.90. The van der Waals surface area contributed by atoms with E-state index in [0.717, 1.165) is 0 Å². The summed E-state index contributed by atoms with van der Waals surface area (Å²) in [4.78, 5) is 14.8. The van der Waals surface area contributed by atoms with E-state index in [1.54, 1.807) is 23.0 Å². The molecular weight excluding hydrogens is 454 g/mol. The average Bonchev–Trinajstić information content (AvgIpc) is 3.16. The number of benzene rings is 1. The van der Waals surface area contributed by atoms with Gasteiger partial charge in [0.05, 0.1) is 30.7 Å². The van der Waals surface area contributed by atoms with Gasteiger partial charge in [-0.3, -0.25) is 4.79 Å². The summed E-state index contributed by atoms with van der Waals surface area (Å²) in [5, 5.41) is 12.8. The highest BCUT2D eigenvalue weighted by molar-refractivity contribution is 6.30. The maximum absolute atomic E-state index is 14.5. The number of alkyl halides is 1. The van der Waals surface area contributed by atoms with Crippen LogP contribution >= 0.6 is 11.6 Å². The number of aromatic nitrogens is 5. The van der Waals surface area contributed by atoms with Crippen molar-refractivity contribution in [2.24, 2.45) is 0 Å². The van der Waals surface area contributed by atoms with Gasteiger partial charge in [-0.1, -0.05) is 16.8 Å². The Balaban J connectivity index is 1.37. The minimum atomic E-state index is -0.896. The average molecular weight is 477 g/mol. The first kappa shape index (κ1) is 22.0. The third-order valence-electron chi connectivity index (χ3n) is 6.28. The van der Waals surface area contributed by atoms with Crippen LogP contribution in [0.15, 0.2) is 35.3 Å². The maximum Gasteiger partial charge on any atom is 0.269 e. The van der Waals surface area contributed by atoms with Crippen LogP contribution in [0.25, 0.3) is 11.3 Å². The zero-order chi connectivity index (χ0) is 23.2. The second-order valence-corrected chi connectivity index (χ2v) is 8.96. The van der Waals surface area contributed by atoms with Crippen LogP contribution in [0.1, 0.15) is 25.5 Å². The van der Waals surface area contributed by atoms with Crippen molar-refractivity contribution in [2.75, 3.05) is 24.6 Å². The molecule has 1 aromatic carbocycles. The third kappa shape index (κ3) is 4.13. The maximum atomic E-state index is 14.5. The molecule has 0 aliphatic carbocycles. The SMILES string of the molecule is CCn1nnc(-c2ccc(Cl)cc2F)c1Cn1ncc(N2CC3(CCC(F)CO3)C2)cc1=O. The van der Waals surface area contributed by atoms with Gasteiger partial charge in [-0.15, -0.1) is 5.10 Å². The summed E-state index contributed by atoms with van der Waals surface area (Å²) in [7, 11) is 0. The monoisotopic (exact) mass is 476 g/mol. The molecule has 4 heterocycles. The Morgan fingerprint density at radius 3 is 2.76 bits per heavy atom. The Morgan fingerprint density at radius 1 is 1.27 bits per heavy atom. The molecule has 5 rings (SSSR count). The van der Waals surface area contributed by atoms with Gasteiger partial charge in [-0.25, -0.2) is 18.1 Å². The summed E-state index contributed by atoms with van der Waals surface area (Å²) in [5.74, 6) is -0.515. The summed E-state index contributed by atoms with van der Waals surface area (Å²) in [5.41, 5.74) is 1.24. The van der Waals surface area contributed by atoms with Crippen molar-refractivity contribution in [3.05, 3.63) is 57.3 Å². The predicted octanol–water partition coefficient (Wildman–Crippen LogP) is 3.07. The minimum absolute atomic E-state index is 0.0856. The Morgan fingerprint density at radius 2 is 2.09 bits per heavy atom. The first-order valence-corrected chi connectivity index (χ1v) is 11.2. The van der Waals surface area contributed by atoms with Gasteiger partial charge in [0.15, 0.2) is 0 Å². The van der Waals surface area contributed by atoms with Gasteiger partial charge in [0.25, 0.3) is 5.56 Å². The van der Waals surface area contributed by atoms with E-state index in [1.165, 1.54) is 16.8 Å². The molecule has 2 fully saturated rings. The van der Waals surface area contributed by atoms with Crippen LogP contribution in [0, 0.1) is 5.82 Å². The number of hydrogen-bond donors (Lipinski definition) is 0. The zero-order valence-corrected chi connectivity index (χ0v) is 18.8. The summed E-state index contributed by atoms with van der Waals surface area (Å²) >= 11 is 5.87. The van der Waals surface area contributed by atoms with E-state index < -0.39 is 12.0 Å². The number of ether oxygens (including phenoxy) is 1. The fraction of sp³-hybridized carbons (Fsp3) is 0.455. The molecule has 2 aromatic heterocycles. The van der Waals surface area contributed by atoms with Crippen LogP contribution in [0.2, 0.25) is 5.02 Å². The Bertz CT molecular complexity index is 1230. The molecule has 3 aromatic rings. The van der Waals surface area contributed by atoms with Crippen LogP contribution in [-0.4, -0.2) is 56.2 Å². The van der Waals surface area contributed by atoms with E-state index in [2.05, 4.69) is 15.4 Å². The lowest BCUT2D eigenvalue weighted by molar-refractivity contribution is -0.120. The van der Waals surface area contributed by atoms with E-state index in [1.807, 2.05) is 11.8 Å². The van der Waals surface area contributed by atoms with Crippen molar-refractivity contribution in [3.63, 3.8) is 0 Å². The standard InChI is InChI=1S/C22H23ClF2N6O2/c1-2-30-19(21(27-28-30)17-4-3-14(23)7-18(17)25)10-31-20(32)8-16(9-26-31)29-12-22(13-29)6-5-15(24)11-33-22/h3-4,7-9,15H,2,5-6,10-13H2,1H3. The Hall–Kier alpha value is -2.85. The fourth-order valence-electron chi connectivity index (χ4n) is 4.42. The molecule has 11 heteroatoms.